The average Bonchev–Trinajstić information content (AvgIpc) is 3.12. The van der Waals surface area contributed by atoms with Gasteiger partial charge >= 0.3 is 0 Å². The Bertz CT molecular complexity index is 876. The molecule has 3 heterocycles. The second-order valence-electron chi connectivity index (χ2n) is 6.73. The van der Waals surface area contributed by atoms with E-state index >= 15 is 0 Å². The Morgan fingerprint density at radius 3 is 2.96 bits per heavy atom. The van der Waals surface area contributed by atoms with E-state index in [2.05, 4.69) is 37.3 Å². The van der Waals surface area contributed by atoms with Gasteiger partial charge in [-0.15, -0.1) is 0 Å². The number of para-hydroxylation sites is 1. The molecule has 1 saturated heterocycles. The van der Waals surface area contributed by atoms with Crippen molar-refractivity contribution in [3.05, 3.63) is 54.5 Å². The third-order valence-corrected chi connectivity index (χ3v) is 5.00. The maximum absolute atomic E-state index is 12.6. The number of rotatable bonds is 5. The van der Waals surface area contributed by atoms with Crippen LogP contribution in [0.25, 0.3) is 10.9 Å². The van der Waals surface area contributed by atoms with Crippen molar-refractivity contribution in [3.63, 3.8) is 0 Å². The van der Waals surface area contributed by atoms with Crippen molar-refractivity contribution in [3.8, 4) is 0 Å². The van der Waals surface area contributed by atoms with Crippen LogP contribution < -0.4 is 10.2 Å². The molecule has 2 aromatic heterocycles. The zero-order valence-corrected chi connectivity index (χ0v) is 14.7. The fourth-order valence-electron chi connectivity index (χ4n) is 3.63. The second-order valence-corrected chi connectivity index (χ2v) is 6.73. The van der Waals surface area contributed by atoms with Gasteiger partial charge in [-0.2, -0.15) is 0 Å². The van der Waals surface area contributed by atoms with E-state index in [1.807, 2.05) is 24.4 Å². The van der Waals surface area contributed by atoms with Crippen LogP contribution in [0.1, 0.15) is 18.4 Å². The number of H-pyrrole nitrogens is 1. The molecular weight excluding hydrogens is 326 g/mol. The Morgan fingerprint density at radius 1 is 1.23 bits per heavy atom. The minimum Gasteiger partial charge on any atom is -0.361 e. The number of piperidine rings is 1. The van der Waals surface area contributed by atoms with E-state index in [9.17, 15) is 4.79 Å². The highest BCUT2D eigenvalue weighted by Crippen LogP contribution is 2.20. The van der Waals surface area contributed by atoms with Crippen molar-refractivity contribution in [1.82, 2.24) is 20.3 Å². The highest BCUT2D eigenvalue weighted by Gasteiger charge is 2.26. The van der Waals surface area contributed by atoms with E-state index in [0.717, 1.165) is 31.3 Å². The molecule has 3 aromatic rings. The van der Waals surface area contributed by atoms with Crippen LogP contribution in [0.3, 0.4) is 0 Å². The number of carbonyl (C=O) groups is 1. The molecule has 6 heteroatoms. The first-order valence-electron chi connectivity index (χ1n) is 9.16. The number of aromatic amines is 1. The molecule has 134 valence electrons. The van der Waals surface area contributed by atoms with E-state index in [1.54, 1.807) is 12.4 Å². The zero-order valence-electron chi connectivity index (χ0n) is 14.7. The van der Waals surface area contributed by atoms with Crippen molar-refractivity contribution >= 4 is 22.8 Å². The molecule has 1 fully saturated rings. The summed E-state index contributed by atoms with van der Waals surface area (Å²) in [5.74, 6) is 0.838. The lowest BCUT2D eigenvalue weighted by Crippen LogP contribution is -2.44. The molecule has 2 N–H and O–H groups in total. The molecule has 0 radical (unpaired) electrons. The van der Waals surface area contributed by atoms with Crippen molar-refractivity contribution in [2.75, 3.05) is 24.5 Å². The number of amides is 1. The molecule has 26 heavy (non-hydrogen) atoms. The van der Waals surface area contributed by atoms with E-state index in [-0.39, 0.29) is 11.8 Å². The SMILES string of the molecule is O=C(NCCc1c[nH]c2ccccc12)C1CCCN(c2ncccn2)C1. The van der Waals surface area contributed by atoms with Gasteiger partial charge in [-0.05, 0) is 37.0 Å². The van der Waals surface area contributed by atoms with Crippen LogP contribution in [0.4, 0.5) is 5.95 Å². The number of nitrogens with one attached hydrogen (secondary N) is 2. The van der Waals surface area contributed by atoms with E-state index in [1.165, 1.54) is 10.9 Å². The minimum atomic E-state index is -0.00414. The van der Waals surface area contributed by atoms with Crippen LogP contribution in [-0.2, 0) is 11.2 Å². The summed E-state index contributed by atoms with van der Waals surface area (Å²) in [5.41, 5.74) is 2.38. The lowest BCUT2D eigenvalue weighted by atomic mass is 9.97. The number of fused-ring (bicyclic) bond motifs is 1. The number of hydrogen-bond acceptors (Lipinski definition) is 4. The summed E-state index contributed by atoms with van der Waals surface area (Å²) in [6.45, 7) is 2.24. The summed E-state index contributed by atoms with van der Waals surface area (Å²) in [6, 6.07) is 10.1. The van der Waals surface area contributed by atoms with Crippen molar-refractivity contribution in [2.45, 2.75) is 19.3 Å². The highest BCUT2D eigenvalue weighted by atomic mass is 16.1. The van der Waals surface area contributed by atoms with Gasteiger partial charge in [0.25, 0.3) is 0 Å². The number of benzene rings is 1. The Balaban J connectivity index is 1.32. The van der Waals surface area contributed by atoms with Crippen LogP contribution in [0, 0.1) is 5.92 Å². The third-order valence-electron chi connectivity index (χ3n) is 5.00. The first kappa shape index (κ1) is 16.6. The first-order chi connectivity index (χ1) is 12.8. The molecule has 6 nitrogen and oxygen atoms in total. The molecule has 0 bridgehead atoms. The fourth-order valence-corrected chi connectivity index (χ4v) is 3.63. The van der Waals surface area contributed by atoms with Crippen molar-refractivity contribution < 1.29 is 4.79 Å². The average molecular weight is 349 g/mol. The molecule has 1 amide bonds. The molecule has 4 rings (SSSR count). The number of aromatic nitrogens is 3. The standard InChI is InChI=1S/C20H23N5O/c26-19(16-5-3-12-25(14-16)20-22-9-4-10-23-20)21-11-8-15-13-24-18-7-2-1-6-17(15)18/h1-2,4,6-7,9-10,13,16,24H,3,5,8,11-12,14H2,(H,21,26). The summed E-state index contributed by atoms with van der Waals surface area (Å²) >= 11 is 0. The fraction of sp³-hybridized carbons (Fsp3) is 0.350. The molecular formula is C20H23N5O. The maximum Gasteiger partial charge on any atom is 0.225 e. The predicted molar refractivity (Wildman–Crippen MR) is 102 cm³/mol. The predicted octanol–water partition coefficient (Wildman–Crippen LogP) is 2.53. The van der Waals surface area contributed by atoms with Crippen LogP contribution in [0.5, 0.6) is 0 Å². The lowest BCUT2D eigenvalue weighted by Gasteiger charge is -2.31. The Morgan fingerprint density at radius 2 is 2.08 bits per heavy atom. The zero-order chi connectivity index (χ0) is 17.8. The summed E-state index contributed by atoms with van der Waals surface area (Å²) in [6.07, 6.45) is 8.25. The minimum absolute atomic E-state index is 0.00414. The first-order valence-corrected chi connectivity index (χ1v) is 9.16. The van der Waals surface area contributed by atoms with Gasteiger partial charge in [-0.3, -0.25) is 4.79 Å². The van der Waals surface area contributed by atoms with Gasteiger partial charge in [-0.25, -0.2) is 9.97 Å². The molecule has 0 aliphatic carbocycles. The van der Waals surface area contributed by atoms with Gasteiger partial charge in [-0.1, -0.05) is 18.2 Å². The molecule has 1 atom stereocenters. The topological polar surface area (TPSA) is 73.9 Å². The Hall–Kier alpha value is -2.89. The summed E-state index contributed by atoms with van der Waals surface area (Å²) in [4.78, 5) is 26.6. The summed E-state index contributed by atoms with van der Waals surface area (Å²) in [7, 11) is 0. The third kappa shape index (κ3) is 3.54. The number of carbonyl (C=O) groups excluding carboxylic acids is 1. The Labute approximate surface area is 152 Å². The number of nitrogens with zero attached hydrogens (tertiary/aromatic N) is 3. The van der Waals surface area contributed by atoms with E-state index in [0.29, 0.717) is 19.0 Å². The van der Waals surface area contributed by atoms with Crippen LogP contribution in [0.15, 0.2) is 48.9 Å². The smallest absolute Gasteiger partial charge is 0.225 e. The summed E-state index contributed by atoms with van der Waals surface area (Å²) < 4.78 is 0. The normalized spacial score (nSPS) is 17.4. The molecule has 1 aromatic carbocycles. The van der Waals surface area contributed by atoms with Gasteiger partial charge in [0.2, 0.25) is 11.9 Å². The molecule has 0 saturated carbocycles. The van der Waals surface area contributed by atoms with Crippen LogP contribution in [0.2, 0.25) is 0 Å². The van der Waals surface area contributed by atoms with E-state index in [4.69, 9.17) is 0 Å². The quantitative estimate of drug-likeness (QED) is 0.742. The highest BCUT2D eigenvalue weighted by molar-refractivity contribution is 5.83. The molecule has 1 aliphatic rings. The number of hydrogen-bond donors (Lipinski definition) is 2. The van der Waals surface area contributed by atoms with E-state index < -0.39 is 0 Å². The Kier molecular flexibility index (Phi) is 4.82. The molecule has 1 unspecified atom stereocenters. The van der Waals surface area contributed by atoms with Gasteiger partial charge in [0.15, 0.2) is 0 Å². The lowest BCUT2D eigenvalue weighted by molar-refractivity contribution is -0.125. The largest absolute Gasteiger partial charge is 0.361 e. The van der Waals surface area contributed by atoms with Crippen molar-refractivity contribution in [1.29, 1.82) is 0 Å². The van der Waals surface area contributed by atoms with Gasteiger partial charge in [0.05, 0.1) is 5.92 Å². The molecule has 1 aliphatic heterocycles. The van der Waals surface area contributed by atoms with Crippen molar-refractivity contribution in [2.24, 2.45) is 5.92 Å². The van der Waals surface area contributed by atoms with Crippen LogP contribution in [-0.4, -0.2) is 40.5 Å². The van der Waals surface area contributed by atoms with Crippen LogP contribution >= 0.6 is 0 Å². The van der Waals surface area contributed by atoms with Gasteiger partial charge in [0, 0.05) is 49.1 Å². The number of anilines is 1. The van der Waals surface area contributed by atoms with Gasteiger partial charge < -0.3 is 15.2 Å². The van der Waals surface area contributed by atoms with Gasteiger partial charge in [0.1, 0.15) is 0 Å². The summed E-state index contributed by atoms with van der Waals surface area (Å²) in [5, 5.41) is 4.34. The molecule has 0 spiro atoms. The monoisotopic (exact) mass is 349 g/mol. The second kappa shape index (κ2) is 7.56. The maximum atomic E-state index is 12.6.